The van der Waals surface area contributed by atoms with Crippen LogP contribution < -0.4 is 5.73 Å². The number of nitrogens with two attached hydrogens (primary N) is 1. The van der Waals surface area contributed by atoms with E-state index in [0.29, 0.717) is 12.2 Å². The fourth-order valence-corrected chi connectivity index (χ4v) is 1.01. The number of aromatic nitrogens is 3. The van der Waals surface area contributed by atoms with Crippen LogP contribution in [-0.4, -0.2) is 21.5 Å². The van der Waals surface area contributed by atoms with E-state index in [1.165, 1.54) is 6.20 Å². The van der Waals surface area contributed by atoms with Gasteiger partial charge in [-0.3, -0.25) is 0 Å². The van der Waals surface area contributed by atoms with E-state index < -0.39 is 6.17 Å². The zero-order valence-electron chi connectivity index (χ0n) is 7.07. The van der Waals surface area contributed by atoms with Gasteiger partial charge in [-0.1, -0.05) is 12.1 Å². The van der Waals surface area contributed by atoms with Gasteiger partial charge in [0.1, 0.15) is 0 Å². The number of nitrogens with zero attached hydrogens (tertiary/aromatic N) is 3. The quantitative estimate of drug-likeness (QED) is 0.725. The number of halogens is 1. The SMILES string of the molecule is CCCn1nncc1C(F)CN. The Kier molecular flexibility index (Phi) is 3.16. The molecular formula is C7H13FN4. The number of rotatable bonds is 4. The molecule has 68 valence electrons. The maximum Gasteiger partial charge on any atom is 0.155 e. The Morgan fingerprint density at radius 2 is 2.50 bits per heavy atom. The van der Waals surface area contributed by atoms with E-state index in [1.807, 2.05) is 6.92 Å². The molecule has 4 nitrogen and oxygen atoms in total. The second kappa shape index (κ2) is 4.15. The molecular weight excluding hydrogens is 159 g/mol. The predicted octanol–water partition coefficient (Wildman–Crippen LogP) is 0.657. The Labute approximate surface area is 70.6 Å². The van der Waals surface area contributed by atoms with Crippen molar-refractivity contribution in [3.05, 3.63) is 11.9 Å². The first-order valence-electron chi connectivity index (χ1n) is 4.02. The summed E-state index contributed by atoms with van der Waals surface area (Å²) in [6.07, 6.45) is 1.19. The Balaban J connectivity index is 2.76. The van der Waals surface area contributed by atoms with E-state index in [1.54, 1.807) is 4.68 Å². The van der Waals surface area contributed by atoms with E-state index in [-0.39, 0.29) is 6.54 Å². The highest BCUT2D eigenvalue weighted by Crippen LogP contribution is 2.13. The van der Waals surface area contributed by atoms with Crippen molar-refractivity contribution in [1.29, 1.82) is 0 Å². The molecule has 0 saturated heterocycles. The van der Waals surface area contributed by atoms with Gasteiger partial charge in [0, 0.05) is 13.1 Å². The first-order valence-corrected chi connectivity index (χ1v) is 4.02. The molecule has 1 rings (SSSR count). The molecule has 0 fully saturated rings. The van der Waals surface area contributed by atoms with E-state index in [4.69, 9.17) is 5.73 Å². The molecule has 0 aliphatic heterocycles. The highest BCUT2D eigenvalue weighted by atomic mass is 19.1. The van der Waals surface area contributed by atoms with Crippen molar-refractivity contribution in [3.63, 3.8) is 0 Å². The molecule has 5 heteroatoms. The fourth-order valence-electron chi connectivity index (χ4n) is 1.01. The van der Waals surface area contributed by atoms with Gasteiger partial charge in [0.15, 0.2) is 6.17 Å². The summed E-state index contributed by atoms with van der Waals surface area (Å²) in [4.78, 5) is 0. The molecule has 0 bridgehead atoms. The number of hydrogen-bond acceptors (Lipinski definition) is 3. The van der Waals surface area contributed by atoms with Gasteiger partial charge in [-0.25, -0.2) is 9.07 Å². The van der Waals surface area contributed by atoms with Crippen molar-refractivity contribution in [2.75, 3.05) is 6.54 Å². The molecule has 0 aliphatic rings. The summed E-state index contributed by atoms with van der Waals surface area (Å²) < 4.78 is 14.6. The third kappa shape index (κ3) is 1.79. The minimum atomic E-state index is -1.15. The number of alkyl halides is 1. The first kappa shape index (κ1) is 9.12. The van der Waals surface area contributed by atoms with Crippen LogP contribution in [0.15, 0.2) is 6.20 Å². The molecule has 0 spiro atoms. The van der Waals surface area contributed by atoms with Crippen LogP contribution in [0.3, 0.4) is 0 Å². The van der Waals surface area contributed by atoms with E-state index in [9.17, 15) is 4.39 Å². The van der Waals surface area contributed by atoms with Crippen LogP contribution in [0.5, 0.6) is 0 Å². The van der Waals surface area contributed by atoms with Gasteiger partial charge in [-0.15, -0.1) is 5.10 Å². The summed E-state index contributed by atoms with van der Waals surface area (Å²) in [7, 11) is 0. The lowest BCUT2D eigenvalue weighted by Gasteiger charge is -2.06. The van der Waals surface area contributed by atoms with Crippen molar-refractivity contribution in [3.8, 4) is 0 Å². The molecule has 2 N–H and O–H groups in total. The summed E-state index contributed by atoms with van der Waals surface area (Å²) in [5.74, 6) is 0. The van der Waals surface area contributed by atoms with E-state index in [2.05, 4.69) is 10.3 Å². The second-order valence-electron chi connectivity index (χ2n) is 2.59. The summed E-state index contributed by atoms with van der Waals surface area (Å²) in [6, 6.07) is 0. The van der Waals surface area contributed by atoms with Crippen LogP contribution in [0.25, 0.3) is 0 Å². The third-order valence-corrected chi connectivity index (χ3v) is 1.61. The van der Waals surface area contributed by atoms with Crippen molar-refractivity contribution in [1.82, 2.24) is 15.0 Å². The Morgan fingerprint density at radius 3 is 3.08 bits per heavy atom. The fraction of sp³-hybridized carbons (Fsp3) is 0.714. The highest BCUT2D eigenvalue weighted by molar-refractivity contribution is 4.99. The van der Waals surface area contributed by atoms with Crippen LogP contribution in [0.4, 0.5) is 4.39 Å². The van der Waals surface area contributed by atoms with Gasteiger partial charge in [0.2, 0.25) is 0 Å². The lowest BCUT2D eigenvalue weighted by molar-refractivity contribution is 0.327. The minimum Gasteiger partial charge on any atom is -0.327 e. The average Bonchev–Trinajstić information content (AvgIpc) is 2.52. The standard InChI is InChI=1S/C7H13FN4/c1-2-3-12-7(5-10-11-12)6(8)4-9/h5-6H,2-4,9H2,1H3. The molecule has 1 unspecified atom stereocenters. The minimum absolute atomic E-state index is 0.0168. The Morgan fingerprint density at radius 1 is 1.75 bits per heavy atom. The normalized spacial score (nSPS) is 13.2. The van der Waals surface area contributed by atoms with Crippen LogP contribution in [-0.2, 0) is 6.54 Å². The van der Waals surface area contributed by atoms with Gasteiger partial charge in [0.25, 0.3) is 0 Å². The molecule has 1 aromatic rings. The first-order chi connectivity index (χ1) is 5.79. The number of hydrogen-bond donors (Lipinski definition) is 1. The lowest BCUT2D eigenvalue weighted by atomic mass is 10.3. The van der Waals surface area contributed by atoms with Crippen molar-refractivity contribution < 1.29 is 4.39 Å². The molecule has 1 atom stereocenters. The molecule has 0 amide bonds. The monoisotopic (exact) mass is 172 g/mol. The van der Waals surface area contributed by atoms with Gasteiger partial charge in [-0.2, -0.15) is 0 Å². The molecule has 0 saturated carbocycles. The lowest BCUT2D eigenvalue weighted by Crippen LogP contribution is -2.13. The predicted molar refractivity (Wildman–Crippen MR) is 43.2 cm³/mol. The molecule has 1 aromatic heterocycles. The summed E-state index contributed by atoms with van der Waals surface area (Å²) in [5, 5.41) is 7.37. The third-order valence-electron chi connectivity index (χ3n) is 1.61. The largest absolute Gasteiger partial charge is 0.327 e. The summed E-state index contributed by atoms with van der Waals surface area (Å²) >= 11 is 0. The maximum atomic E-state index is 13.1. The van der Waals surface area contributed by atoms with E-state index in [0.717, 1.165) is 6.42 Å². The Bertz CT molecular complexity index is 235. The van der Waals surface area contributed by atoms with Gasteiger partial charge in [-0.05, 0) is 6.42 Å². The van der Waals surface area contributed by atoms with E-state index >= 15 is 0 Å². The molecule has 0 radical (unpaired) electrons. The zero-order chi connectivity index (χ0) is 8.97. The average molecular weight is 172 g/mol. The maximum absolute atomic E-state index is 13.1. The topological polar surface area (TPSA) is 56.7 Å². The van der Waals surface area contributed by atoms with Gasteiger partial charge >= 0.3 is 0 Å². The highest BCUT2D eigenvalue weighted by Gasteiger charge is 2.13. The van der Waals surface area contributed by atoms with Crippen molar-refractivity contribution in [2.45, 2.75) is 26.1 Å². The van der Waals surface area contributed by atoms with Crippen LogP contribution in [0.2, 0.25) is 0 Å². The summed E-state index contributed by atoms with van der Waals surface area (Å²) in [6.45, 7) is 2.67. The molecule has 12 heavy (non-hydrogen) atoms. The van der Waals surface area contributed by atoms with Gasteiger partial charge in [0.05, 0.1) is 11.9 Å². The smallest absolute Gasteiger partial charge is 0.155 e. The van der Waals surface area contributed by atoms with Crippen LogP contribution >= 0.6 is 0 Å². The Hall–Kier alpha value is -0.970. The van der Waals surface area contributed by atoms with Crippen molar-refractivity contribution >= 4 is 0 Å². The molecule has 1 heterocycles. The summed E-state index contributed by atoms with van der Waals surface area (Å²) in [5.41, 5.74) is 5.66. The van der Waals surface area contributed by atoms with Crippen molar-refractivity contribution in [2.24, 2.45) is 5.73 Å². The van der Waals surface area contributed by atoms with Crippen LogP contribution in [0, 0.1) is 0 Å². The molecule has 0 aliphatic carbocycles. The zero-order valence-corrected chi connectivity index (χ0v) is 7.07. The number of aryl methyl sites for hydroxylation is 1. The second-order valence-corrected chi connectivity index (χ2v) is 2.59. The van der Waals surface area contributed by atoms with Crippen LogP contribution in [0.1, 0.15) is 25.2 Å². The van der Waals surface area contributed by atoms with Gasteiger partial charge < -0.3 is 5.73 Å². The molecule has 0 aromatic carbocycles.